The van der Waals surface area contributed by atoms with Gasteiger partial charge in [0.25, 0.3) is 0 Å². The highest BCUT2D eigenvalue weighted by atomic mass is 16.5. The van der Waals surface area contributed by atoms with Crippen LogP contribution < -0.4 is 19.5 Å². The second-order valence-electron chi connectivity index (χ2n) is 7.73. The van der Waals surface area contributed by atoms with E-state index < -0.39 is 0 Å². The van der Waals surface area contributed by atoms with E-state index in [1.807, 2.05) is 42.5 Å². The molecule has 1 amide bonds. The molecular weight excluding hydrogens is 434 g/mol. The van der Waals surface area contributed by atoms with Gasteiger partial charge in [-0.2, -0.15) is 0 Å². The fourth-order valence-electron chi connectivity index (χ4n) is 4.03. The van der Waals surface area contributed by atoms with Crippen LogP contribution in [0.5, 0.6) is 17.2 Å². The lowest BCUT2D eigenvalue weighted by Gasteiger charge is -2.17. The maximum Gasteiger partial charge on any atom is 0.224 e. The molecule has 0 atom stereocenters. The lowest BCUT2D eigenvalue weighted by molar-refractivity contribution is -0.120. The minimum Gasteiger partial charge on any atom is -0.496 e. The number of hydrogen-bond acceptors (Lipinski definition) is 6. The summed E-state index contributed by atoms with van der Waals surface area (Å²) in [5.74, 6) is 1.60. The third-order valence-corrected chi connectivity index (χ3v) is 5.68. The Balaban J connectivity index is 1.69. The van der Waals surface area contributed by atoms with Gasteiger partial charge >= 0.3 is 0 Å². The summed E-state index contributed by atoms with van der Waals surface area (Å²) in [5.41, 5.74) is 4.65. The number of rotatable bonds is 11. The molecule has 0 saturated carbocycles. The Morgan fingerprint density at radius 1 is 0.853 bits per heavy atom. The average Bonchev–Trinajstić information content (AvgIpc) is 2.87. The van der Waals surface area contributed by atoms with E-state index in [2.05, 4.69) is 5.32 Å². The fourth-order valence-corrected chi connectivity index (χ4v) is 4.03. The number of aliphatic hydroxyl groups is 2. The van der Waals surface area contributed by atoms with Crippen molar-refractivity contribution in [2.45, 2.75) is 26.1 Å². The van der Waals surface area contributed by atoms with Gasteiger partial charge < -0.3 is 29.7 Å². The van der Waals surface area contributed by atoms with E-state index in [-0.39, 0.29) is 25.5 Å². The van der Waals surface area contributed by atoms with Crippen molar-refractivity contribution in [1.82, 2.24) is 5.32 Å². The summed E-state index contributed by atoms with van der Waals surface area (Å²) in [7, 11) is 4.72. The van der Waals surface area contributed by atoms with Gasteiger partial charge in [0, 0.05) is 17.7 Å². The molecule has 0 fully saturated rings. The van der Waals surface area contributed by atoms with E-state index in [0.29, 0.717) is 46.9 Å². The number of amides is 1. The molecule has 34 heavy (non-hydrogen) atoms. The Bertz CT molecular complexity index is 1090. The number of nitrogens with one attached hydrogen (secondary N) is 1. The Hall–Kier alpha value is -3.55. The van der Waals surface area contributed by atoms with E-state index in [0.717, 1.165) is 16.7 Å². The van der Waals surface area contributed by atoms with Gasteiger partial charge in [0.15, 0.2) is 11.5 Å². The molecule has 0 aromatic heterocycles. The van der Waals surface area contributed by atoms with Crippen LogP contribution in [0.3, 0.4) is 0 Å². The molecule has 0 heterocycles. The molecule has 3 N–H and O–H groups in total. The standard InChI is InChI=1S/C27H31NO6/c1-32-24-14-18(13-21(16-29)23(24)17-30)15-25(31)28-12-11-20-9-10-22(19-7-5-4-6-8-19)27(34-3)26(20)33-2/h4-10,13-14,29-30H,11-12,15-17H2,1-3H3,(H,28,31). The molecule has 3 aromatic carbocycles. The average molecular weight is 466 g/mol. The maximum absolute atomic E-state index is 12.6. The van der Waals surface area contributed by atoms with Crippen LogP contribution in [0.4, 0.5) is 0 Å². The molecule has 3 rings (SSSR count). The summed E-state index contributed by atoms with van der Waals surface area (Å²) in [6, 6.07) is 17.3. The molecule has 0 aliphatic rings. The van der Waals surface area contributed by atoms with E-state index in [1.54, 1.807) is 26.4 Å². The van der Waals surface area contributed by atoms with Crippen molar-refractivity contribution < 1.29 is 29.2 Å². The molecule has 180 valence electrons. The third-order valence-electron chi connectivity index (χ3n) is 5.68. The number of benzene rings is 3. The molecule has 7 heteroatoms. The van der Waals surface area contributed by atoms with Gasteiger partial charge in [-0.25, -0.2) is 0 Å². The molecule has 0 aliphatic heterocycles. The number of ether oxygens (including phenoxy) is 3. The molecule has 0 saturated heterocycles. The fraction of sp³-hybridized carbons (Fsp3) is 0.296. The third kappa shape index (κ3) is 5.68. The topological polar surface area (TPSA) is 97.3 Å². The zero-order valence-electron chi connectivity index (χ0n) is 19.8. The van der Waals surface area contributed by atoms with Crippen LogP contribution in [0.2, 0.25) is 0 Å². The molecule has 0 radical (unpaired) electrons. The van der Waals surface area contributed by atoms with Crippen LogP contribution in [0.15, 0.2) is 54.6 Å². The lowest BCUT2D eigenvalue weighted by Crippen LogP contribution is -2.27. The first-order valence-electron chi connectivity index (χ1n) is 11.0. The van der Waals surface area contributed by atoms with Gasteiger partial charge in [-0.3, -0.25) is 4.79 Å². The Morgan fingerprint density at radius 2 is 1.59 bits per heavy atom. The highest BCUT2D eigenvalue weighted by molar-refractivity contribution is 5.79. The first-order valence-corrected chi connectivity index (χ1v) is 11.0. The van der Waals surface area contributed by atoms with Crippen LogP contribution in [-0.4, -0.2) is 44.0 Å². The highest BCUT2D eigenvalue weighted by Gasteiger charge is 2.17. The summed E-state index contributed by atoms with van der Waals surface area (Å²) in [6.07, 6.45) is 0.692. The van der Waals surface area contributed by atoms with Gasteiger partial charge in [0.1, 0.15) is 5.75 Å². The summed E-state index contributed by atoms with van der Waals surface area (Å²) >= 11 is 0. The molecule has 0 bridgehead atoms. The van der Waals surface area contributed by atoms with Gasteiger partial charge in [-0.1, -0.05) is 48.5 Å². The zero-order valence-corrected chi connectivity index (χ0v) is 19.8. The highest BCUT2D eigenvalue weighted by Crippen LogP contribution is 2.40. The van der Waals surface area contributed by atoms with Crippen LogP contribution in [0.25, 0.3) is 11.1 Å². The minimum absolute atomic E-state index is 0.127. The van der Waals surface area contributed by atoms with Crippen molar-refractivity contribution >= 4 is 5.91 Å². The van der Waals surface area contributed by atoms with Crippen molar-refractivity contribution in [1.29, 1.82) is 0 Å². The first kappa shape index (κ1) is 25.1. The second kappa shape index (κ2) is 12.1. The van der Waals surface area contributed by atoms with E-state index in [4.69, 9.17) is 14.2 Å². The monoisotopic (exact) mass is 465 g/mol. The predicted molar refractivity (Wildman–Crippen MR) is 130 cm³/mol. The van der Waals surface area contributed by atoms with Crippen LogP contribution in [0, 0.1) is 0 Å². The maximum atomic E-state index is 12.6. The number of hydrogen-bond donors (Lipinski definition) is 3. The van der Waals surface area contributed by atoms with Gasteiger partial charge in [-0.15, -0.1) is 0 Å². The molecule has 0 spiro atoms. The normalized spacial score (nSPS) is 10.6. The van der Waals surface area contributed by atoms with E-state index >= 15 is 0 Å². The van der Waals surface area contributed by atoms with Crippen LogP contribution in [-0.2, 0) is 30.8 Å². The van der Waals surface area contributed by atoms with Crippen LogP contribution in [0.1, 0.15) is 22.3 Å². The van der Waals surface area contributed by atoms with E-state index in [1.165, 1.54) is 7.11 Å². The zero-order chi connectivity index (χ0) is 24.5. The van der Waals surface area contributed by atoms with Crippen molar-refractivity contribution in [3.05, 3.63) is 76.9 Å². The molecule has 0 aliphatic carbocycles. The summed E-state index contributed by atoms with van der Waals surface area (Å²) in [5, 5.41) is 22.1. The Labute approximate surface area is 199 Å². The molecule has 3 aromatic rings. The number of carbonyl (C=O) groups excluding carboxylic acids is 1. The quantitative estimate of drug-likeness (QED) is 0.402. The first-order chi connectivity index (χ1) is 16.6. The summed E-state index contributed by atoms with van der Waals surface area (Å²) in [6.45, 7) is -0.0794. The minimum atomic E-state index is -0.250. The van der Waals surface area contributed by atoms with Crippen LogP contribution >= 0.6 is 0 Å². The van der Waals surface area contributed by atoms with Crippen molar-refractivity contribution in [3.8, 4) is 28.4 Å². The van der Waals surface area contributed by atoms with Crippen molar-refractivity contribution in [2.75, 3.05) is 27.9 Å². The molecule has 0 unspecified atom stereocenters. The summed E-state index contributed by atoms with van der Waals surface area (Å²) < 4.78 is 16.6. The SMILES string of the molecule is COc1cc(CC(=O)NCCc2ccc(-c3ccccc3)c(OC)c2OC)cc(CO)c1CO. The van der Waals surface area contributed by atoms with Crippen molar-refractivity contribution in [2.24, 2.45) is 0 Å². The molecular formula is C27H31NO6. The smallest absolute Gasteiger partial charge is 0.224 e. The second-order valence-corrected chi connectivity index (χ2v) is 7.73. The van der Waals surface area contributed by atoms with Gasteiger partial charge in [0.05, 0.1) is 41.0 Å². The van der Waals surface area contributed by atoms with Crippen molar-refractivity contribution in [3.63, 3.8) is 0 Å². The summed E-state index contributed by atoms with van der Waals surface area (Å²) in [4.78, 5) is 12.6. The molecule has 7 nitrogen and oxygen atoms in total. The number of carbonyl (C=O) groups is 1. The van der Waals surface area contributed by atoms with E-state index in [9.17, 15) is 15.0 Å². The lowest BCUT2D eigenvalue weighted by atomic mass is 10.00. The van der Waals surface area contributed by atoms with Gasteiger partial charge in [-0.05, 0) is 34.7 Å². The predicted octanol–water partition coefficient (Wildman–Crippen LogP) is 3.27. The van der Waals surface area contributed by atoms with Gasteiger partial charge in [0.2, 0.25) is 5.91 Å². The number of aliphatic hydroxyl groups excluding tert-OH is 2. The number of methoxy groups -OCH3 is 3. The largest absolute Gasteiger partial charge is 0.496 e. The Kier molecular flexibility index (Phi) is 8.90. The Morgan fingerprint density at radius 3 is 2.21 bits per heavy atom.